The summed E-state index contributed by atoms with van der Waals surface area (Å²) in [4.78, 5) is 26.3. The second kappa shape index (κ2) is 7.83. The number of carbonyl (C=O) groups is 2. The fraction of sp³-hybridized carbons (Fsp3) is 0.889. The predicted octanol–water partition coefficient (Wildman–Crippen LogP) is 0.467. The van der Waals surface area contributed by atoms with E-state index in [2.05, 4.69) is 15.5 Å². The number of nitrogens with one attached hydrogen (secondary N) is 2. The monoisotopic (exact) mass is 336 g/mol. The van der Waals surface area contributed by atoms with E-state index in [0.717, 1.165) is 38.8 Å². The van der Waals surface area contributed by atoms with Crippen molar-refractivity contribution in [2.24, 2.45) is 23.5 Å². The minimum absolute atomic E-state index is 0.0579. The minimum atomic E-state index is 0.0579. The zero-order valence-electron chi connectivity index (χ0n) is 14.8. The molecule has 4 N–H and O–H groups in total. The van der Waals surface area contributed by atoms with Crippen molar-refractivity contribution in [1.82, 2.24) is 15.5 Å². The third kappa shape index (κ3) is 4.09. The largest absolute Gasteiger partial charge is 0.358 e. The molecular weight excluding hydrogens is 304 g/mol. The van der Waals surface area contributed by atoms with Crippen LogP contribution >= 0.6 is 0 Å². The summed E-state index contributed by atoms with van der Waals surface area (Å²) in [6, 6.07) is 0.574. The zero-order chi connectivity index (χ0) is 17.1. The summed E-state index contributed by atoms with van der Waals surface area (Å²) in [6.45, 7) is 2.21. The molecule has 3 aliphatic rings. The first-order valence-electron chi connectivity index (χ1n) is 9.55. The topological polar surface area (TPSA) is 87.5 Å². The fourth-order valence-corrected chi connectivity index (χ4v) is 4.84. The maximum absolute atomic E-state index is 12.7. The first-order chi connectivity index (χ1) is 11.6. The van der Waals surface area contributed by atoms with Crippen molar-refractivity contribution in [2.45, 2.75) is 57.0 Å². The number of carbonyl (C=O) groups excluding carboxylic acids is 2. The first kappa shape index (κ1) is 17.7. The lowest BCUT2D eigenvalue weighted by atomic mass is 9.65. The number of likely N-dealkylation sites (tertiary alicyclic amines) is 1. The van der Waals surface area contributed by atoms with Crippen LogP contribution in [-0.4, -0.2) is 55.5 Å². The second-order valence-corrected chi connectivity index (χ2v) is 7.93. The van der Waals surface area contributed by atoms with Gasteiger partial charge in [0.15, 0.2) is 0 Å². The number of nitrogens with zero attached hydrogens (tertiary/aromatic N) is 1. The van der Waals surface area contributed by atoms with Gasteiger partial charge >= 0.3 is 0 Å². The number of amides is 2. The van der Waals surface area contributed by atoms with Crippen LogP contribution in [0.3, 0.4) is 0 Å². The van der Waals surface area contributed by atoms with Gasteiger partial charge in [0.05, 0.1) is 6.54 Å². The number of piperidine rings is 1. The average molecular weight is 336 g/mol. The quantitative estimate of drug-likeness (QED) is 0.696. The fourth-order valence-electron chi connectivity index (χ4n) is 4.84. The highest BCUT2D eigenvalue weighted by molar-refractivity contribution is 5.79. The highest BCUT2D eigenvalue weighted by Gasteiger charge is 2.40. The summed E-state index contributed by atoms with van der Waals surface area (Å²) in [6.07, 6.45) is 7.47. The van der Waals surface area contributed by atoms with Gasteiger partial charge in [-0.2, -0.15) is 0 Å². The highest BCUT2D eigenvalue weighted by atomic mass is 16.2. The molecule has 6 heteroatoms. The summed E-state index contributed by atoms with van der Waals surface area (Å²) in [7, 11) is 1.67. The van der Waals surface area contributed by atoms with E-state index in [0.29, 0.717) is 24.4 Å². The van der Waals surface area contributed by atoms with Crippen LogP contribution in [0.2, 0.25) is 0 Å². The van der Waals surface area contributed by atoms with Crippen molar-refractivity contribution in [3.8, 4) is 0 Å². The van der Waals surface area contributed by atoms with E-state index in [1.54, 1.807) is 7.05 Å². The van der Waals surface area contributed by atoms with E-state index in [-0.39, 0.29) is 23.8 Å². The lowest BCUT2D eigenvalue weighted by molar-refractivity contribution is -0.129. The molecular formula is C18H32N4O2. The number of fused-ring (bicyclic) bond motifs is 2. The van der Waals surface area contributed by atoms with Crippen LogP contribution < -0.4 is 16.4 Å². The van der Waals surface area contributed by atoms with Crippen molar-refractivity contribution in [2.75, 3.05) is 26.7 Å². The van der Waals surface area contributed by atoms with Crippen molar-refractivity contribution < 1.29 is 9.59 Å². The third-order valence-electron chi connectivity index (χ3n) is 6.36. The smallest absolute Gasteiger partial charge is 0.233 e. The normalized spacial score (nSPS) is 34.6. The Hall–Kier alpha value is -1.14. The van der Waals surface area contributed by atoms with E-state index < -0.39 is 0 Å². The van der Waals surface area contributed by atoms with E-state index in [4.69, 9.17) is 5.73 Å². The van der Waals surface area contributed by atoms with E-state index in [1.807, 2.05) is 0 Å². The Kier molecular flexibility index (Phi) is 5.76. The van der Waals surface area contributed by atoms with Crippen LogP contribution in [-0.2, 0) is 9.59 Å². The predicted molar refractivity (Wildman–Crippen MR) is 93.2 cm³/mol. The Labute approximate surface area is 144 Å². The van der Waals surface area contributed by atoms with Crippen molar-refractivity contribution in [3.05, 3.63) is 0 Å². The summed E-state index contributed by atoms with van der Waals surface area (Å²) in [5, 5.41) is 5.93. The molecule has 0 aromatic heterocycles. The molecule has 1 aliphatic heterocycles. The number of rotatable bonds is 4. The lowest BCUT2D eigenvalue weighted by Crippen LogP contribution is -2.52. The minimum Gasteiger partial charge on any atom is -0.358 e. The van der Waals surface area contributed by atoms with Crippen LogP contribution in [0, 0.1) is 17.8 Å². The standard InChI is InChI=1S/C18H32N4O2/c1-20-16(23)11-22-7-5-15(6-8-22)21-18(24)14-9-12-3-2-4-13(10-14)17(12)19/h12-15,17H,2-11,19H2,1H3,(H,20,23)(H,21,24). The number of likely N-dealkylation sites (N-methyl/N-ethyl adjacent to an activating group) is 1. The maximum Gasteiger partial charge on any atom is 0.233 e. The maximum atomic E-state index is 12.7. The van der Waals surface area contributed by atoms with Gasteiger partial charge in [0.1, 0.15) is 0 Å². The summed E-state index contributed by atoms with van der Waals surface area (Å²) < 4.78 is 0. The molecule has 0 radical (unpaired) electrons. The van der Waals surface area contributed by atoms with Crippen molar-refractivity contribution in [1.29, 1.82) is 0 Å². The molecule has 0 aromatic rings. The Balaban J connectivity index is 1.44. The van der Waals surface area contributed by atoms with E-state index >= 15 is 0 Å². The SMILES string of the molecule is CNC(=O)CN1CCC(NC(=O)C2CC3CCCC(C2)C3N)CC1. The van der Waals surface area contributed by atoms with Crippen molar-refractivity contribution in [3.63, 3.8) is 0 Å². The Morgan fingerprint density at radius 3 is 2.29 bits per heavy atom. The first-order valence-corrected chi connectivity index (χ1v) is 9.55. The van der Waals surface area contributed by atoms with Gasteiger partial charge in [-0.3, -0.25) is 14.5 Å². The molecule has 0 spiro atoms. The third-order valence-corrected chi connectivity index (χ3v) is 6.36. The molecule has 2 unspecified atom stereocenters. The molecule has 136 valence electrons. The molecule has 3 rings (SSSR count). The molecule has 6 nitrogen and oxygen atoms in total. The van der Waals surface area contributed by atoms with Gasteiger partial charge in [-0.1, -0.05) is 6.42 Å². The van der Waals surface area contributed by atoms with Crippen LogP contribution in [0.25, 0.3) is 0 Å². The van der Waals surface area contributed by atoms with Crippen molar-refractivity contribution >= 4 is 11.8 Å². The molecule has 3 fully saturated rings. The molecule has 2 saturated carbocycles. The lowest BCUT2D eigenvalue weighted by Gasteiger charge is -2.44. The summed E-state index contributed by atoms with van der Waals surface area (Å²) in [5.74, 6) is 1.54. The molecule has 1 heterocycles. The van der Waals surface area contributed by atoms with Gasteiger partial charge in [0.2, 0.25) is 11.8 Å². The molecule has 1 saturated heterocycles. The Bertz CT molecular complexity index is 448. The van der Waals surface area contributed by atoms with Gasteiger partial charge in [-0.25, -0.2) is 0 Å². The van der Waals surface area contributed by atoms with Gasteiger partial charge in [-0.05, 0) is 50.4 Å². The summed E-state index contributed by atoms with van der Waals surface area (Å²) >= 11 is 0. The molecule has 0 aromatic carbocycles. The molecule has 2 atom stereocenters. The van der Waals surface area contributed by atoms with Crippen LogP contribution in [0.1, 0.15) is 44.9 Å². The van der Waals surface area contributed by atoms with Crippen LogP contribution in [0.15, 0.2) is 0 Å². The number of nitrogens with two attached hydrogens (primary N) is 1. The molecule has 24 heavy (non-hydrogen) atoms. The molecule has 2 bridgehead atoms. The van der Waals surface area contributed by atoms with Crippen LogP contribution in [0.5, 0.6) is 0 Å². The van der Waals surface area contributed by atoms with Gasteiger partial charge in [0.25, 0.3) is 0 Å². The molecule has 2 aliphatic carbocycles. The highest BCUT2D eigenvalue weighted by Crippen LogP contribution is 2.41. The zero-order valence-corrected chi connectivity index (χ0v) is 14.8. The Morgan fingerprint density at radius 1 is 1.08 bits per heavy atom. The average Bonchev–Trinajstić information content (AvgIpc) is 2.56. The van der Waals surface area contributed by atoms with Gasteiger partial charge in [0, 0.05) is 38.1 Å². The summed E-state index contributed by atoms with van der Waals surface area (Å²) in [5.41, 5.74) is 6.33. The second-order valence-electron chi connectivity index (χ2n) is 7.93. The van der Waals surface area contributed by atoms with Gasteiger partial charge < -0.3 is 16.4 Å². The molecule has 2 amide bonds. The van der Waals surface area contributed by atoms with Crippen LogP contribution in [0.4, 0.5) is 0 Å². The van der Waals surface area contributed by atoms with E-state index in [9.17, 15) is 9.59 Å². The van der Waals surface area contributed by atoms with Gasteiger partial charge in [-0.15, -0.1) is 0 Å². The Morgan fingerprint density at radius 2 is 1.71 bits per heavy atom. The number of hydrogen-bond acceptors (Lipinski definition) is 4. The van der Waals surface area contributed by atoms with E-state index in [1.165, 1.54) is 19.3 Å². The number of hydrogen-bond donors (Lipinski definition) is 3.